The summed E-state index contributed by atoms with van der Waals surface area (Å²) in [6.45, 7) is 1.66. The van der Waals surface area contributed by atoms with Gasteiger partial charge in [-0.1, -0.05) is 11.6 Å². The number of amides is 2. The number of hydrogen-bond acceptors (Lipinski definition) is 5. The van der Waals surface area contributed by atoms with E-state index >= 15 is 0 Å². The maximum absolute atomic E-state index is 12.2. The van der Waals surface area contributed by atoms with Crippen LogP contribution < -0.4 is 16.6 Å². The van der Waals surface area contributed by atoms with Crippen LogP contribution in [0.2, 0.25) is 0 Å². The number of benzene rings is 1. The lowest BCUT2D eigenvalue weighted by molar-refractivity contribution is -0.116. The number of anilines is 1. The van der Waals surface area contributed by atoms with Gasteiger partial charge in [0.25, 0.3) is 11.5 Å². The Labute approximate surface area is 135 Å². The maximum atomic E-state index is 12.2. The number of aromatic amines is 1. The van der Waals surface area contributed by atoms with E-state index in [2.05, 4.69) is 20.4 Å². The van der Waals surface area contributed by atoms with Gasteiger partial charge < -0.3 is 16.0 Å². The van der Waals surface area contributed by atoms with Crippen molar-refractivity contribution >= 4 is 28.5 Å². The molecule has 2 amide bonds. The summed E-state index contributed by atoms with van der Waals surface area (Å²) in [5.74, 6) is -1.06. The van der Waals surface area contributed by atoms with Gasteiger partial charge in [-0.2, -0.15) is 5.10 Å². The van der Waals surface area contributed by atoms with Crippen molar-refractivity contribution < 1.29 is 9.59 Å². The van der Waals surface area contributed by atoms with E-state index in [1.54, 1.807) is 18.2 Å². The van der Waals surface area contributed by atoms with E-state index in [9.17, 15) is 14.4 Å². The molecule has 2 aromatic heterocycles. The van der Waals surface area contributed by atoms with Gasteiger partial charge in [0.2, 0.25) is 5.91 Å². The van der Waals surface area contributed by atoms with Crippen molar-refractivity contribution in [2.75, 3.05) is 5.32 Å². The molecule has 9 nitrogen and oxygen atoms in total. The van der Waals surface area contributed by atoms with Gasteiger partial charge in [-0.05, 0) is 19.1 Å². The van der Waals surface area contributed by atoms with Gasteiger partial charge in [0.15, 0.2) is 5.65 Å². The van der Waals surface area contributed by atoms with Crippen molar-refractivity contribution in [1.29, 1.82) is 0 Å². The number of rotatable bonds is 4. The molecule has 0 spiro atoms. The lowest BCUT2D eigenvalue weighted by Gasteiger charge is -2.10. The highest BCUT2D eigenvalue weighted by molar-refractivity contribution is 6.03. The molecule has 122 valence electrons. The number of carbonyl (C=O) groups excluding carboxylic acids is 2. The average molecular weight is 326 g/mol. The molecule has 0 aliphatic carbocycles. The van der Waals surface area contributed by atoms with Gasteiger partial charge in [-0.3, -0.25) is 14.4 Å². The summed E-state index contributed by atoms with van der Waals surface area (Å²) in [7, 11) is 0. The largest absolute Gasteiger partial charge is 0.366 e. The van der Waals surface area contributed by atoms with Crippen LogP contribution in [0.5, 0.6) is 0 Å². The summed E-state index contributed by atoms with van der Waals surface area (Å²) >= 11 is 0. The highest BCUT2D eigenvalue weighted by atomic mass is 16.2. The van der Waals surface area contributed by atoms with Crippen molar-refractivity contribution in [2.45, 2.75) is 13.5 Å². The zero-order valence-electron chi connectivity index (χ0n) is 12.7. The van der Waals surface area contributed by atoms with Gasteiger partial charge in [-0.25, -0.2) is 9.67 Å². The van der Waals surface area contributed by atoms with Crippen LogP contribution >= 0.6 is 0 Å². The minimum Gasteiger partial charge on any atom is -0.366 e. The molecule has 0 saturated carbocycles. The van der Waals surface area contributed by atoms with Gasteiger partial charge >= 0.3 is 0 Å². The zero-order chi connectivity index (χ0) is 17.3. The van der Waals surface area contributed by atoms with E-state index in [4.69, 9.17) is 5.73 Å². The first-order chi connectivity index (χ1) is 11.5. The molecule has 0 unspecified atom stereocenters. The van der Waals surface area contributed by atoms with Gasteiger partial charge in [0.05, 0.1) is 23.8 Å². The van der Waals surface area contributed by atoms with Crippen LogP contribution in [-0.2, 0) is 11.3 Å². The molecule has 3 rings (SSSR count). The van der Waals surface area contributed by atoms with E-state index in [1.165, 1.54) is 17.2 Å². The van der Waals surface area contributed by atoms with Crippen LogP contribution in [0.25, 0.3) is 11.0 Å². The highest BCUT2D eigenvalue weighted by Gasteiger charge is 2.14. The van der Waals surface area contributed by atoms with Crippen molar-refractivity contribution in [1.82, 2.24) is 19.7 Å². The van der Waals surface area contributed by atoms with Crippen molar-refractivity contribution in [2.24, 2.45) is 5.73 Å². The van der Waals surface area contributed by atoms with E-state index in [0.717, 1.165) is 5.56 Å². The van der Waals surface area contributed by atoms with E-state index in [0.29, 0.717) is 16.7 Å². The molecular formula is C15H14N6O3. The number of aryl methyl sites for hydroxylation is 1. The molecule has 0 aliphatic rings. The smallest absolute Gasteiger partial charge is 0.261 e. The Hall–Kier alpha value is -3.49. The minimum atomic E-state index is -0.633. The normalized spacial score (nSPS) is 10.7. The Bertz CT molecular complexity index is 1000. The second kappa shape index (κ2) is 5.95. The second-order valence-corrected chi connectivity index (χ2v) is 5.23. The minimum absolute atomic E-state index is 0.161. The third kappa shape index (κ3) is 2.86. The molecule has 0 saturated heterocycles. The first-order valence-electron chi connectivity index (χ1n) is 7.05. The predicted molar refractivity (Wildman–Crippen MR) is 86.5 cm³/mol. The Balaban J connectivity index is 1.85. The van der Waals surface area contributed by atoms with Crippen LogP contribution in [0.4, 0.5) is 5.69 Å². The van der Waals surface area contributed by atoms with Crippen LogP contribution in [0.15, 0.2) is 35.5 Å². The Morgan fingerprint density at radius 2 is 2.17 bits per heavy atom. The number of H-pyrrole nitrogens is 1. The van der Waals surface area contributed by atoms with E-state index < -0.39 is 11.8 Å². The molecule has 0 atom stereocenters. The molecule has 3 aromatic rings. The van der Waals surface area contributed by atoms with Crippen LogP contribution in [0.1, 0.15) is 15.9 Å². The Morgan fingerprint density at radius 1 is 1.38 bits per heavy atom. The lowest BCUT2D eigenvalue weighted by atomic mass is 10.1. The molecule has 2 heterocycles. The number of nitrogens with zero attached hydrogens (tertiary/aromatic N) is 3. The Kier molecular flexibility index (Phi) is 3.82. The van der Waals surface area contributed by atoms with Gasteiger partial charge in [-0.15, -0.1) is 0 Å². The number of nitrogens with one attached hydrogen (secondary N) is 2. The number of carbonyl (C=O) groups is 2. The molecule has 0 fully saturated rings. The Morgan fingerprint density at radius 3 is 2.92 bits per heavy atom. The first-order valence-corrected chi connectivity index (χ1v) is 7.05. The molecule has 0 radical (unpaired) electrons. The summed E-state index contributed by atoms with van der Waals surface area (Å²) in [6, 6.07) is 4.96. The summed E-state index contributed by atoms with van der Waals surface area (Å²) in [5.41, 5.74) is 6.69. The molecule has 4 N–H and O–H groups in total. The molecular weight excluding hydrogens is 312 g/mol. The highest BCUT2D eigenvalue weighted by Crippen LogP contribution is 2.17. The van der Waals surface area contributed by atoms with Gasteiger partial charge in [0, 0.05) is 0 Å². The van der Waals surface area contributed by atoms with Crippen molar-refractivity contribution in [3.63, 3.8) is 0 Å². The summed E-state index contributed by atoms with van der Waals surface area (Å²) in [5, 5.41) is 6.90. The van der Waals surface area contributed by atoms with Crippen molar-refractivity contribution in [3.05, 3.63) is 52.2 Å². The first kappa shape index (κ1) is 15.4. The lowest BCUT2D eigenvalue weighted by Crippen LogP contribution is -2.22. The molecule has 24 heavy (non-hydrogen) atoms. The summed E-state index contributed by atoms with van der Waals surface area (Å²) in [4.78, 5) is 41.8. The van der Waals surface area contributed by atoms with Crippen molar-refractivity contribution in [3.8, 4) is 0 Å². The summed E-state index contributed by atoms with van der Waals surface area (Å²) in [6.07, 6.45) is 2.58. The third-order valence-corrected chi connectivity index (χ3v) is 3.45. The predicted octanol–water partition coefficient (Wildman–Crippen LogP) is 0.166. The van der Waals surface area contributed by atoms with Gasteiger partial charge in [0.1, 0.15) is 11.9 Å². The zero-order valence-corrected chi connectivity index (χ0v) is 12.7. The fourth-order valence-electron chi connectivity index (χ4n) is 2.32. The van der Waals surface area contributed by atoms with E-state index in [1.807, 2.05) is 6.92 Å². The SMILES string of the molecule is Cc1ccc(NC(=O)Cn2ncc3c(=O)[nH]cnc32)c(C(N)=O)c1. The van der Waals surface area contributed by atoms with E-state index in [-0.39, 0.29) is 17.7 Å². The van der Waals surface area contributed by atoms with Crippen LogP contribution in [-0.4, -0.2) is 31.6 Å². The van der Waals surface area contributed by atoms with Crippen LogP contribution in [0.3, 0.4) is 0 Å². The number of hydrogen-bond donors (Lipinski definition) is 3. The summed E-state index contributed by atoms with van der Waals surface area (Å²) < 4.78 is 1.30. The number of fused-ring (bicyclic) bond motifs is 1. The standard InChI is InChI=1S/C15H14N6O3/c1-8-2-3-11(9(4-8)13(16)23)20-12(22)6-21-14-10(5-19-21)15(24)18-7-17-14/h2-5,7H,6H2,1H3,(H2,16,23)(H,20,22)(H,17,18,24). The fourth-order valence-corrected chi connectivity index (χ4v) is 2.32. The monoisotopic (exact) mass is 326 g/mol. The number of primary amides is 1. The van der Waals surface area contributed by atoms with Crippen LogP contribution in [0, 0.1) is 6.92 Å². The topological polar surface area (TPSA) is 136 Å². The quantitative estimate of drug-likeness (QED) is 0.627. The number of aromatic nitrogens is 4. The average Bonchev–Trinajstić information content (AvgIpc) is 2.93. The number of nitrogens with two attached hydrogens (primary N) is 1. The second-order valence-electron chi connectivity index (χ2n) is 5.23. The maximum Gasteiger partial charge on any atom is 0.261 e. The third-order valence-electron chi connectivity index (χ3n) is 3.45. The molecule has 9 heteroatoms. The molecule has 1 aromatic carbocycles. The molecule has 0 bridgehead atoms. The fraction of sp³-hybridized carbons (Fsp3) is 0.133. The molecule has 0 aliphatic heterocycles.